The number of carbonyl (C=O) groups excluding carboxylic acids is 2. The summed E-state index contributed by atoms with van der Waals surface area (Å²) in [7, 11) is -4.61. The third-order valence-electron chi connectivity index (χ3n) is 7.34. The van der Waals surface area contributed by atoms with Crippen molar-refractivity contribution in [3.63, 3.8) is 0 Å². The molecular formula is C35H65O10P. The Bertz CT molecular complexity index is 832. The third-order valence-corrected chi connectivity index (χ3v) is 8.29. The van der Waals surface area contributed by atoms with Gasteiger partial charge in [0.05, 0.1) is 19.8 Å². The second-order valence-corrected chi connectivity index (χ2v) is 13.4. The number of ether oxygens (including phenoxy) is 2. The van der Waals surface area contributed by atoms with Crippen molar-refractivity contribution in [3.8, 4) is 0 Å². The lowest BCUT2D eigenvalue weighted by Crippen LogP contribution is -2.29. The molecule has 0 spiro atoms. The van der Waals surface area contributed by atoms with E-state index in [0.29, 0.717) is 12.8 Å². The lowest BCUT2D eigenvalue weighted by molar-refractivity contribution is -0.161. The molecule has 3 atom stereocenters. The predicted molar refractivity (Wildman–Crippen MR) is 182 cm³/mol. The number of aliphatic hydroxyl groups excluding tert-OH is 2. The highest BCUT2D eigenvalue weighted by molar-refractivity contribution is 7.47. The highest BCUT2D eigenvalue weighted by Crippen LogP contribution is 2.43. The SMILES string of the molecule is CCC/C=C\C/C=C\CCCCCCCC(=O)OC(COC(=O)CCCCCCCCCCCC)COP(=O)(O)OCC(O)CO. The Morgan fingerprint density at radius 3 is 1.76 bits per heavy atom. The number of phosphoric acid groups is 1. The largest absolute Gasteiger partial charge is 0.472 e. The molecule has 0 aromatic carbocycles. The Hall–Kier alpha value is -1.55. The van der Waals surface area contributed by atoms with Crippen molar-refractivity contribution in [2.75, 3.05) is 26.4 Å². The molecule has 0 saturated heterocycles. The van der Waals surface area contributed by atoms with Crippen LogP contribution in [0, 0.1) is 0 Å². The van der Waals surface area contributed by atoms with Gasteiger partial charge in [-0.05, 0) is 38.5 Å². The van der Waals surface area contributed by atoms with Crippen molar-refractivity contribution in [1.82, 2.24) is 0 Å². The third kappa shape index (κ3) is 31.1. The van der Waals surface area contributed by atoms with Crippen LogP contribution in [0.15, 0.2) is 24.3 Å². The predicted octanol–water partition coefficient (Wildman–Crippen LogP) is 8.27. The van der Waals surface area contributed by atoms with Gasteiger partial charge in [0, 0.05) is 12.8 Å². The summed E-state index contributed by atoms with van der Waals surface area (Å²) in [6.45, 7) is 2.26. The molecule has 0 fully saturated rings. The monoisotopic (exact) mass is 676 g/mol. The fraction of sp³-hybridized carbons (Fsp3) is 0.829. The molecule has 10 nitrogen and oxygen atoms in total. The van der Waals surface area contributed by atoms with Gasteiger partial charge in [-0.2, -0.15) is 0 Å². The van der Waals surface area contributed by atoms with Crippen molar-refractivity contribution in [2.24, 2.45) is 0 Å². The fourth-order valence-electron chi connectivity index (χ4n) is 4.56. The Labute approximate surface area is 278 Å². The van der Waals surface area contributed by atoms with E-state index in [1.807, 2.05) is 0 Å². The maximum atomic E-state index is 12.5. The first kappa shape index (κ1) is 44.5. The van der Waals surface area contributed by atoms with Gasteiger partial charge in [-0.1, -0.05) is 122 Å². The van der Waals surface area contributed by atoms with Crippen molar-refractivity contribution in [3.05, 3.63) is 24.3 Å². The molecule has 0 aliphatic carbocycles. The van der Waals surface area contributed by atoms with E-state index in [9.17, 15) is 24.2 Å². The zero-order valence-electron chi connectivity index (χ0n) is 28.8. The van der Waals surface area contributed by atoms with E-state index >= 15 is 0 Å². The van der Waals surface area contributed by atoms with Crippen LogP contribution in [0.4, 0.5) is 0 Å². The summed E-state index contributed by atoms with van der Waals surface area (Å²) >= 11 is 0. The van der Waals surface area contributed by atoms with Crippen molar-refractivity contribution >= 4 is 19.8 Å². The molecule has 11 heteroatoms. The zero-order chi connectivity index (χ0) is 34.1. The number of phosphoric ester groups is 1. The lowest BCUT2D eigenvalue weighted by atomic mass is 10.1. The van der Waals surface area contributed by atoms with Gasteiger partial charge in [0.2, 0.25) is 0 Å². The van der Waals surface area contributed by atoms with E-state index in [4.69, 9.17) is 19.1 Å². The average Bonchev–Trinajstić information content (AvgIpc) is 3.04. The summed E-state index contributed by atoms with van der Waals surface area (Å²) in [6, 6.07) is 0. The van der Waals surface area contributed by atoms with Crippen molar-refractivity contribution in [1.29, 1.82) is 0 Å². The van der Waals surface area contributed by atoms with Gasteiger partial charge in [-0.25, -0.2) is 4.57 Å². The Balaban J connectivity index is 4.43. The van der Waals surface area contributed by atoms with Gasteiger partial charge >= 0.3 is 19.8 Å². The van der Waals surface area contributed by atoms with Gasteiger partial charge in [-0.3, -0.25) is 18.6 Å². The molecule has 0 radical (unpaired) electrons. The molecule has 0 aliphatic heterocycles. The lowest BCUT2D eigenvalue weighted by Gasteiger charge is -2.20. The number of hydrogen-bond acceptors (Lipinski definition) is 9. The molecule has 3 unspecified atom stereocenters. The van der Waals surface area contributed by atoms with Crippen LogP contribution in [-0.4, -0.2) is 65.7 Å². The number of allylic oxidation sites excluding steroid dienone is 4. The van der Waals surface area contributed by atoms with Crippen molar-refractivity contribution < 1.29 is 47.8 Å². The summed E-state index contributed by atoms with van der Waals surface area (Å²) in [5, 5.41) is 18.2. The molecule has 0 heterocycles. The van der Waals surface area contributed by atoms with Crippen LogP contribution >= 0.6 is 7.82 Å². The first-order valence-corrected chi connectivity index (χ1v) is 19.3. The first-order valence-electron chi connectivity index (χ1n) is 17.8. The van der Waals surface area contributed by atoms with Crippen LogP contribution in [0.5, 0.6) is 0 Å². The number of hydrogen-bond donors (Lipinski definition) is 3. The quantitative estimate of drug-likeness (QED) is 0.0268. The van der Waals surface area contributed by atoms with Crippen LogP contribution in [0.1, 0.15) is 149 Å². The second-order valence-electron chi connectivity index (χ2n) is 11.9. The number of rotatable bonds is 33. The Kier molecular flexibility index (Phi) is 30.9. The molecule has 0 aromatic rings. The minimum Gasteiger partial charge on any atom is -0.462 e. The maximum absolute atomic E-state index is 12.5. The Morgan fingerprint density at radius 2 is 1.17 bits per heavy atom. The smallest absolute Gasteiger partial charge is 0.462 e. The summed E-state index contributed by atoms with van der Waals surface area (Å²) < 4.78 is 32.5. The number of carbonyl (C=O) groups is 2. The highest BCUT2D eigenvalue weighted by atomic mass is 31.2. The average molecular weight is 677 g/mol. The number of unbranched alkanes of at least 4 members (excludes halogenated alkanes) is 15. The van der Waals surface area contributed by atoms with Crippen molar-refractivity contribution in [2.45, 2.75) is 161 Å². The minimum atomic E-state index is -4.61. The Morgan fingerprint density at radius 1 is 0.652 bits per heavy atom. The van der Waals surface area contributed by atoms with Gasteiger partial charge < -0.3 is 24.6 Å². The molecule has 0 saturated carbocycles. The summed E-state index contributed by atoms with van der Waals surface area (Å²) in [5.74, 6) is -0.944. The maximum Gasteiger partial charge on any atom is 0.472 e. The van der Waals surface area contributed by atoms with Gasteiger partial charge in [0.15, 0.2) is 6.10 Å². The van der Waals surface area contributed by atoms with Crippen LogP contribution in [0.25, 0.3) is 0 Å². The van der Waals surface area contributed by atoms with Crippen LogP contribution < -0.4 is 0 Å². The van der Waals surface area contributed by atoms with E-state index < -0.39 is 51.8 Å². The van der Waals surface area contributed by atoms with E-state index in [1.54, 1.807) is 0 Å². The van der Waals surface area contributed by atoms with E-state index in [-0.39, 0.29) is 19.4 Å². The number of esters is 2. The van der Waals surface area contributed by atoms with Gasteiger partial charge in [-0.15, -0.1) is 0 Å². The highest BCUT2D eigenvalue weighted by Gasteiger charge is 2.27. The van der Waals surface area contributed by atoms with E-state index in [1.165, 1.54) is 44.9 Å². The molecule has 0 bridgehead atoms. The standard InChI is InChI=1S/C35H65O10P/c1-3-5-7-9-11-13-15-16-17-19-21-23-25-27-35(39)45-33(31-44-46(40,41)43-29-32(37)28-36)30-42-34(38)26-24-22-20-18-14-12-10-8-6-4-2/h7,9,13,15,32-33,36-37H,3-6,8,10-12,14,16-31H2,1-2H3,(H,40,41)/b9-7-,15-13-. The van der Waals surface area contributed by atoms with Crippen LogP contribution in [0.2, 0.25) is 0 Å². The summed E-state index contributed by atoms with van der Waals surface area (Å²) in [5.41, 5.74) is 0. The molecule has 0 aromatic heterocycles. The molecule has 270 valence electrons. The normalized spacial score (nSPS) is 14.5. The first-order chi connectivity index (χ1) is 22.2. The summed E-state index contributed by atoms with van der Waals surface area (Å²) in [4.78, 5) is 34.7. The minimum absolute atomic E-state index is 0.170. The second kappa shape index (κ2) is 32.0. The molecule has 3 N–H and O–H groups in total. The zero-order valence-corrected chi connectivity index (χ0v) is 29.7. The van der Waals surface area contributed by atoms with Gasteiger partial charge in [0.1, 0.15) is 12.7 Å². The van der Waals surface area contributed by atoms with Gasteiger partial charge in [0.25, 0.3) is 0 Å². The molecule has 0 rings (SSSR count). The number of aliphatic hydroxyl groups is 2. The molecular weight excluding hydrogens is 611 g/mol. The van der Waals surface area contributed by atoms with Crippen LogP contribution in [0.3, 0.4) is 0 Å². The fourth-order valence-corrected chi connectivity index (χ4v) is 5.35. The van der Waals surface area contributed by atoms with E-state index in [2.05, 4.69) is 42.7 Å². The summed E-state index contributed by atoms with van der Waals surface area (Å²) in [6.07, 6.45) is 27.3. The topological polar surface area (TPSA) is 149 Å². The molecule has 46 heavy (non-hydrogen) atoms. The molecule has 0 amide bonds. The van der Waals surface area contributed by atoms with Crippen LogP contribution in [-0.2, 0) is 32.7 Å². The van der Waals surface area contributed by atoms with E-state index in [0.717, 1.165) is 64.2 Å². The molecule has 0 aliphatic rings.